The zero-order valence-electron chi connectivity index (χ0n) is 14.3. The van der Waals surface area contributed by atoms with Gasteiger partial charge in [0.2, 0.25) is 0 Å². The number of nitro benzene ring substituents is 1. The van der Waals surface area contributed by atoms with Crippen LogP contribution in [0.3, 0.4) is 0 Å². The van der Waals surface area contributed by atoms with E-state index < -0.39 is 16.9 Å². The van der Waals surface area contributed by atoms with Crippen LogP contribution in [-0.4, -0.2) is 35.4 Å². The third-order valence-corrected chi connectivity index (χ3v) is 3.85. The number of nitrogens with zero attached hydrogens (tertiary/aromatic N) is 2. The van der Waals surface area contributed by atoms with Crippen molar-refractivity contribution in [2.75, 3.05) is 13.7 Å². The number of carbonyl (C=O) groups is 2. The standard InChI is InChI=1S/C18H15N3O6/c1-3-8-20-17(22)14(19-18(20)23)10-12-5-7-15(27-12)13-6-4-11(21(24)25)9-16(13)26-2/h3-7,9-10H,1,8H2,2H3,(H,19,23)/b14-10+. The lowest BCUT2D eigenvalue weighted by Crippen LogP contribution is -2.30. The predicted octanol–water partition coefficient (Wildman–Crippen LogP) is 2.94. The van der Waals surface area contributed by atoms with Crippen LogP contribution in [0.2, 0.25) is 0 Å². The van der Waals surface area contributed by atoms with Gasteiger partial charge in [-0.05, 0) is 18.2 Å². The number of hydrogen-bond acceptors (Lipinski definition) is 6. The van der Waals surface area contributed by atoms with Gasteiger partial charge in [-0.25, -0.2) is 4.79 Å². The molecule has 1 saturated heterocycles. The van der Waals surface area contributed by atoms with Crippen molar-refractivity contribution in [2.45, 2.75) is 0 Å². The fraction of sp³-hybridized carbons (Fsp3) is 0.111. The fourth-order valence-electron chi connectivity index (χ4n) is 2.58. The molecule has 1 aliphatic heterocycles. The van der Waals surface area contributed by atoms with Crippen LogP contribution < -0.4 is 10.1 Å². The van der Waals surface area contributed by atoms with Crippen molar-refractivity contribution in [3.8, 4) is 17.1 Å². The molecule has 0 atom stereocenters. The van der Waals surface area contributed by atoms with E-state index in [-0.39, 0.29) is 23.7 Å². The third-order valence-electron chi connectivity index (χ3n) is 3.85. The summed E-state index contributed by atoms with van der Waals surface area (Å²) in [5.74, 6) is 0.522. The van der Waals surface area contributed by atoms with Gasteiger partial charge in [0.25, 0.3) is 11.6 Å². The van der Waals surface area contributed by atoms with Gasteiger partial charge in [0.05, 0.1) is 23.7 Å². The van der Waals surface area contributed by atoms with Gasteiger partial charge in [0, 0.05) is 18.7 Å². The van der Waals surface area contributed by atoms with Crippen LogP contribution in [0, 0.1) is 10.1 Å². The number of non-ortho nitro benzene ring substituents is 1. The van der Waals surface area contributed by atoms with Crippen molar-refractivity contribution in [1.29, 1.82) is 0 Å². The normalized spacial score (nSPS) is 15.1. The topological polar surface area (TPSA) is 115 Å². The summed E-state index contributed by atoms with van der Waals surface area (Å²) in [7, 11) is 1.40. The molecule has 1 N–H and O–H groups in total. The average molecular weight is 369 g/mol. The van der Waals surface area contributed by atoms with Gasteiger partial charge in [-0.15, -0.1) is 6.58 Å². The Bertz CT molecular complexity index is 975. The monoisotopic (exact) mass is 369 g/mol. The summed E-state index contributed by atoms with van der Waals surface area (Å²) in [6.07, 6.45) is 2.86. The van der Waals surface area contributed by atoms with Crippen molar-refractivity contribution in [2.24, 2.45) is 0 Å². The van der Waals surface area contributed by atoms with E-state index in [0.717, 1.165) is 4.90 Å². The fourth-order valence-corrected chi connectivity index (χ4v) is 2.58. The van der Waals surface area contributed by atoms with Gasteiger partial charge in [0.15, 0.2) is 0 Å². The Morgan fingerprint density at radius 1 is 1.33 bits per heavy atom. The van der Waals surface area contributed by atoms with Crippen molar-refractivity contribution >= 4 is 23.7 Å². The van der Waals surface area contributed by atoms with E-state index in [4.69, 9.17) is 9.15 Å². The number of methoxy groups -OCH3 is 1. The summed E-state index contributed by atoms with van der Waals surface area (Å²) < 4.78 is 10.9. The van der Waals surface area contributed by atoms with E-state index in [9.17, 15) is 19.7 Å². The van der Waals surface area contributed by atoms with Gasteiger partial charge >= 0.3 is 6.03 Å². The lowest BCUT2D eigenvalue weighted by molar-refractivity contribution is -0.384. The van der Waals surface area contributed by atoms with Crippen LogP contribution in [-0.2, 0) is 4.79 Å². The second-order valence-corrected chi connectivity index (χ2v) is 5.54. The van der Waals surface area contributed by atoms with Gasteiger partial charge in [-0.3, -0.25) is 19.8 Å². The van der Waals surface area contributed by atoms with Crippen molar-refractivity contribution in [1.82, 2.24) is 10.2 Å². The SMILES string of the molecule is C=CCN1C(=O)N/C(=C/c2ccc(-c3ccc([N+](=O)[O-])cc3OC)o2)C1=O. The molecule has 27 heavy (non-hydrogen) atoms. The largest absolute Gasteiger partial charge is 0.496 e. The first kappa shape index (κ1) is 17.9. The molecule has 0 aliphatic carbocycles. The number of furan rings is 1. The first-order chi connectivity index (χ1) is 12.9. The highest BCUT2D eigenvalue weighted by molar-refractivity contribution is 6.13. The Morgan fingerprint density at radius 2 is 2.11 bits per heavy atom. The number of ether oxygens (including phenoxy) is 1. The maximum atomic E-state index is 12.2. The van der Waals surface area contributed by atoms with Crippen LogP contribution in [0.4, 0.5) is 10.5 Å². The molecule has 3 amide bonds. The molecule has 1 aliphatic rings. The molecule has 0 saturated carbocycles. The number of imide groups is 1. The van der Waals surface area contributed by atoms with E-state index in [1.165, 1.54) is 37.5 Å². The first-order valence-electron chi connectivity index (χ1n) is 7.82. The second-order valence-electron chi connectivity index (χ2n) is 5.54. The van der Waals surface area contributed by atoms with Crippen molar-refractivity contribution in [3.63, 3.8) is 0 Å². The number of amides is 3. The Kier molecular flexibility index (Phi) is 4.75. The summed E-state index contributed by atoms with van der Waals surface area (Å²) in [5.41, 5.74) is 0.493. The lowest BCUT2D eigenvalue weighted by Gasteiger charge is -2.06. The minimum Gasteiger partial charge on any atom is -0.496 e. The molecule has 1 aromatic heterocycles. The average Bonchev–Trinajstić information content (AvgIpc) is 3.21. The molecule has 3 rings (SSSR count). The summed E-state index contributed by atoms with van der Waals surface area (Å²) in [4.78, 5) is 35.3. The molecule has 2 heterocycles. The minimum absolute atomic E-state index is 0.0819. The number of carbonyl (C=O) groups excluding carboxylic acids is 2. The molecule has 1 fully saturated rings. The number of benzene rings is 1. The molecule has 9 nitrogen and oxygen atoms in total. The number of hydrogen-bond donors (Lipinski definition) is 1. The molecule has 9 heteroatoms. The highest BCUT2D eigenvalue weighted by Gasteiger charge is 2.32. The van der Waals surface area contributed by atoms with Gasteiger partial charge in [0.1, 0.15) is 23.0 Å². The smallest absolute Gasteiger partial charge is 0.329 e. The molecule has 0 radical (unpaired) electrons. The third kappa shape index (κ3) is 3.43. The Labute approximate surface area is 153 Å². The van der Waals surface area contributed by atoms with E-state index in [1.807, 2.05) is 0 Å². The zero-order valence-corrected chi connectivity index (χ0v) is 14.3. The van der Waals surface area contributed by atoms with Gasteiger partial charge < -0.3 is 14.5 Å². The molecular formula is C18H15N3O6. The molecule has 1 aromatic carbocycles. The van der Waals surface area contributed by atoms with Crippen molar-refractivity contribution < 1.29 is 23.7 Å². The van der Waals surface area contributed by atoms with Crippen LogP contribution in [0.15, 0.2) is 53.1 Å². The highest BCUT2D eigenvalue weighted by Crippen LogP contribution is 2.34. The van der Waals surface area contributed by atoms with E-state index in [0.29, 0.717) is 17.1 Å². The lowest BCUT2D eigenvalue weighted by atomic mass is 10.1. The molecule has 0 bridgehead atoms. The van der Waals surface area contributed by atoms with E-state index in [1.54, 1.807) is 12.1 Å². The highest BCUT2D eigenvalue weighted by atomic mass is 16.6. The molecule has 138 valence electrons. The van der Waals surface area contributed by atoms with Gasteiger partial charge in [-0.1, -0.05) is 6.08 Å². The van der Waals surface area contributed by atoms with Crippen LogP contribution in [0.25, 0.3) is 17.4 Å². The predicted molar refractivity (Wildman–Crippen MR) is 95.8 cm³/mol. The van der Waals surface area contributed by atoms with Crippen molar-refractivity contribution in [3.05, 3.63) is 64.6 Å². The quantitative estimate of drug-likeness (QED) is 0.275. The Morgan fingerprint density at radius 3 is 2.78 bits per heavy atom. The summed E-state index contributed by atoms with van der Waals surface area (Å²) in [6.45, 7) is 3.61. The molecule has 0 unspecified atom stereocenters. The van der Waals surface area contributed by atoms with Crippen LogP contribution in [0.5, 0.6) is 5.75 Å². The zero-order chi connectivity index (χ0) is 19.6. The Hall–Kier alpha value is -3.88. The number of rotatable bonds is 6. The maximum Gasteiger partial charge on any atom is 0.329 e. The van der Waals surface area contributed by atoms with Gasteiger partial charge in [-0.2, -0.15) is 0 Å². The number of nitrogens with one attached hydrogen (secondary N) is 1. The molecule has 0 spiro atoms. The Balaban J connectivity index is 1.90. The van der Waals surface area contributed by atoms with E-state index >= 15 is 0 Å². The number of urea groups is 1. The molecule has 2 aromatic rings. The maximum absolute atomic E-state index is 12.2. The summed E-state index contributed by atoms with van der Waals surface area (Å²) in [5, 5.41) is 13.4. The van der Waals surface area contributed by atoms with E-state index in [2.05, 4.69) is 11.9 Å². The van der Waals surface area contributed by atoms with Crippen LogP contribution in [0.1, 0.15) is 5.76 Å². The summed E-state index contributed by atoms with van der Waals surface area (Å²) in [6, 6.07) is 6.87. The second kappa shape index (κ2) is 7.16. The minimum atomic E-state index is -0.532. The molecular weight excluding hydrogens is 354 g/mol. The summed E-state index contributed by atoms with van der Waals surface area (Å²) >= 11 is 0. The number of nitro groups is 1. The van der Waals surface area contributed by atoms with Crippen LogP contribution >= 0.6 is 0 Å². The first-order valence-corrected chi connectivity index (χ1v) is 7.82.